The molecule has 0 unspecified atom stereocenters. The van der Waals surface area contributed by atoms with Crippen LogP contribution in [-0.2, 0) is 101 Å². The molecule has 0 radical (unpaired) electrons. The number of rotatable bonds is 60. The highest BCUT2D eigenvalue weighted by Gasteiger charge is 2.55. The number of unbranched alkanes of at least 4 members (excludes halogenated alkanes) is 24. The first-order valence-electron chi connectivity index (χ1n) is 43.0. The summed E-state index contributed by atoms with van der Waals surface area (Å²) < 4.78 is 79.1. The van der Waals surface area contributed by atoms with Crippen LogP contribution in [0.2, 0.25) is 0 Å². The summed E-state index contributed by atoms with van der Waals surface area (Å²) in [5.74, 6) is -0.158. The second-order valence-electron chi connectivity index (χ2n) is 30.9. The lowest BCUT2D eigenvalue weighted by Crippen LogP contribution is -2.66. The number of carbonyl (C=O) groups is 2. The van der Waals surface area contributed by atoms with Crippen LogP contribution in [0.4, 0.5) is 0 Å². The molecule has 2 aliphatic heterocycles. The van der Waals surface area contributed by atoms with Crippen molar-refractivity contribution in [2.24, 2.45) is 11.8 Å². The van der Waals surface area contributed by atoms with Crippen LogP contribution < -0.4 is 0 Å². The van der Waals surface area contributed by atoms with E-state index in [1.807, 2.05) is 182 Å². The third-order valence-corrected chi connectivity index (χ3v) is 21.8. The zero-order valence-electron chi connectivity index (χ0n) is 67.3. The van der Waals surface area contributed by atoms with Gasteiger partial charge in [0.25, 0.3) is 0 Å². The van der Waals surface area contributed by atoms with E-state index in [2.05, 4.69) is 27.7 Å². The maximum atomic E-state index is 14.8. The first-order chi connectivity index (χ1) is 53.8. The molecule has 2 aliphatic rings. The molecule has 0 saturated carbocycles. The third-order valence-electron chi connectivity index (χ3n) is 21.8. The van der Waals surface area contributed by atoms with E-state index in [9.17, 15) is 9.59 Å². The fourth-order valence-electron chi connectivity index (χ4n) is 15.3. The van der Waals surface area contributed by atoms with Gasteiger partial charge in [-0.3, -0.25) is 9.59 Å². The van der Waals surface area contributed by atoms with E-state index in [0.717, 1.165) is 110 Å². The van der Waals surface area contributed by atoms with Crippen molar-refractivity contribution in [2.45, 2.75) is 347 Å². The normalized spacial score (nSPS) is 20.1. The lowest BCUT2D eigenvalue weighted by molar-refractivity contribution is -0.393. The van der Waals surface area contributed by atoms with Crippen molar-refractivity contribution in [3.8, 4) is 0 Å². The molecule has 10 atom stereocenters. The number of hydrogen-bond donors (Lipinski definition) is 0. The number of ether oxygens (including phenoxy) is 11. The summed E-state index contributed by atoms with van der Waals surface area (Å²) in [6, 6.07) is 60.3. The van der Waals surface area contributed by atoms with Gasteiger partial charge < -0.3 is 52.1 Å². The summed E-state index contributed by atoms with van der Waals surface area (Å²) in [7, 11) is 0. The summed E-state index contributed by atoms with van der Waals surface area (Å²) in [5, 5.41) is 0. The van der Waals surface area contributed by atoms with Gasteiger partial charge >= 0.3 is 11.9 Å². The molecule has 6 aromatic carbocycles. The molecule has 0 aliphatic carbocycles. The lowest BCUT2D eigenvalue weighted by Gasteiger charge is -2.49. The van der Waals surface area contributed by atoms with Crippen molar-refractivity contribution in [3.05, 3.63) is 215 Å². The highest BCUT2D eigenvalue weighted by Crippen LogP contribution is 2.38. The van der Waals surface area contributed by atoms with Crippen molar-refractivity contribution in [2.75, 3.05) is 13.2 Å². The molecule has 600 valence electrons. The zero-order chi connectivity index (χ0) is 76.2. The van der Waals surface area contributed by atoms with Crippen LogP contribution in [0.3, 0.4) is 0 Å². The van der Waals surface area contributed by atoms with Crippen molar-refractivity contribution >= 4 is 11.9 Å². The molecule has 6 aromatic rings. The summed E-state index contributed by atoms with van der Waals surface area (Å²) in [4.78, 5) is 29.6. The van der Waals surface area contributed by atoms with Gasteiger partial charge in [-0.05, 0) is 70.9 Å². The van der Waals surface area contributed by atoms with Crippen molar-refractivity contribution in [1.82, 2.24) is 0 Å². The molecule has 109 heavy (non-hydrogen) atoms. The Morgan fingerprint density at radius 3 is 0.725 bits per heavy atom. The minimum atomic E-state index is -1.29. The molecule has 2 heterocycles. The zero-order valence-corrected chi connectivity index (χ0v) is 67.3. The fraction of sp³-hybridized carbons (Fsp3) is 0.604. The Kier molecular flexibility index (Phi) is 44.9. The van der Waals surface area contributed by atoms with Crippen LogP contribution in [-0.4, -0.2) is 86.6 Å². The summed E-state index contributed by atoms with van der Waals surface area (Å²) in [6.07, 6.45) is 28.5. The maximum Gasteiger partial charge on any atom is 0.306 e. The van der Waals surface area contributed by atoms with Crippen molar-refractivity contribution < 1.29 is 61.7 Å². The Bertz CT molecular complexity index is 2930. The minimum absolute atomic E-state index is 0.152. The summed E-state index contributed by atoms with van der Waals surface area (Å²) in [5.41, 5.74) is 5.61. The van der Waals surface area contributed by atoms with Gasteiger partial charge in [-0.1, -0.05) is 389 Å². The number of benzene rings is 6. The Labute approximate surface area is 657 Å². The van der Waals surface area contributed by atoms with Gasteiger partial charge in [0.1, 0.15) is 62.0 Å². The van der Waals surface area contributed by atoms with Crippen LogP contribution in [0, 0.1) is 11.8 Å². The molecule has 2 fully saturated rings. The van der Waals surface area contributed by atoms with E-state index in [1.54, 1.807) is 0 Å². The Morgan fingerprint density at radius 1 is 0.275 bits per heavy atom. The smallest absolute Gasteiger partial charge is 0.306 e. The van der Waals surface area contributed by atoms with Crippen LogP contribution in [0.5, 0.6) is 0 Å². The van der Waals surface area contributed by atoms with Crippen LogP contribution >= 0.6 is 0 Å². The molecule has 0 spiro atoms. The van der Waals surface area contributed by atoms with Gasteiger partial charge in [0.15, 0.2) is 12.6 Å². The van der Waals surface area contributed by atoms with Crippen molar-refractivity contribution in [1.29, 1.82) is 0 Å². The number of esters is 2. The largest absolute Gasteiger partial charge is 0.463 e. The summed E-state index contributed by atoms with van der Waals surface area (Å²) in [6.45, 7) is 9.80. The highest BCUT2D eigenvalue weighted by molar-refractivity contribution is 5.70. The molecule has 0 aromatic heterocycles. The van der Waals surface area contributed by atoms with E-state index in [0.29, 0.717) is 12.8 Å². The van der Waals surface area contributed by atoms with E-state index in [-0.39, 0.29) is 76.6 Å². The molecular formula is C96H138O13. The van der Waals surface area contributed by atoms with Gasteiger partial charge in [0.2, 0.25) is 0 Å². The summed E-state index contributed by atoms with van der Waals surface area (Å²) >= 11 is 0. The number of carbonyl (C=O) groups excluding carboxylic acids is 2. The topological polar surface area (TPSA) is 136 Å². The molecule has 8 rings (SSSR count). The van der Waals surface area contributed by atoms with Gasteiger partial charge in [-0.25, -0.2) is 0 Å². The average molecular weight is 1500 g/mol. The SMILES string of the molecule is CCCCCCCCCC(CCCCCCCCC)CC(=O)OC[C@H]1O[C@H](O[C@H]2O[C@H](COC(=O)CC(CCCCCCCCC)CCCCCCCCC)[C@@H](OCc3ccccc3)[C@H](OCc3ccccc3)[C@H]2OCc2ccccc2)[C@H](OCc2ccccc2)[C@@H](OCc2ccccc2)[C@@H]1OCc1ccccc1. The van der Waals surface area contributed by atoms with Crippen LogP contribution in [0.15, 0.2) is 182 Å². The molecular weight excluding hydrogens is 1360 g/mol. The van der Waals surface area contributed by atoms with Crippen LogP contribution in [0.1, 0.15) is 279 Å². The van der Waals surface area contributed by atoms with E-state index >= 15 is 0 Å². The second-order valence-corrected chi connectivity index (χ2v) is 30.9. The molecule has 0 bridgehead atoms. The molecule has 0 N–H and O–H groups in total. The Balaban J connectivity index is 1.17. The molecule has 13 heteroatoms. The van der Waals surface area contributed by atoms with E-state index in [4.69, 9.17) is 52.1 Å². The monoisotopic (exact) mass is 1500 g/mol. The molecule has 0 amide bonds. The van der Waals surface area contributed by atoms with Crippen molar-refractivity contribution in [3.63, 3.8) is 0 Å². The predicted octanol–water partition coefficient (Wildman–Crippen LogP) is 23.6. The third kappa shape index (κ3) is 35.2. The lowest BCUT2D eigenvalue weighted by atomic mass is 9.91. The average Bonchev–Trinajstić information content (AvgIpc) is 0.768. The highest BCUT2D eigenvalue weighted by atomic mass is 16.8. The minimum Gasteiger partial charge on any atom is -0.463 e. The van der Waals surface area contributed by atoms with Gasteiger partial charge in [-0.15, -0.1) is 0 Å². The van der Waals surface area contributed by atoms with Gasteiger partial charge in [0, 0.05) is 12.8 Å². The fourth-order valence-corrected chi connectivity index (χ4v) is 15.3. The Hall–Kier alpha value is -6.10. The molecule has 2 saturated heterocycles. The van der Waals surface area contributed by atoms with Gasteiger partial charge in [-0.2, -0.15) is 0 Å². The van der Waals surface area contributed by atoms with Gasteiger partial charge in [0.05, 0.1) is 39.6 Å². The Morgan fingerprint density at radius 2 is 0.486 bits per heavy atom. The first-order valence-corrected chi connectivity index (χ1v) is 43.0. The maximum absolute atomic E-state index is 14.8. The first kappa shape index (κ1) is 88.5. The predicted molar refractivity (Wildman–Crippen MR) is 437 cm³/mol. The quantitative estimate of drug-likeness (QED) is 0.0265. The molecule has 13 nitrogen and oxygen atoms in total. The van der Waals surface area contributed by atoms with E-state index < -0.39 is 61.4 Å². The second kappa shape index (κ2) is 55.4. The standard InChI is InChI=1S/C96H138O13/c1-5-9-13-17-21-25-35-51-77(52-36-26-22-18-14-10-6-2)67-87(97)99-75-85-89(101-69-79-55-39-29-40-56-79)91(103-71-81-59-43-31-44-60-81)93(105-73-83-63-47-33-48-64-83)95(107-85)109-96-94(106-74-84-65-49-34-50-66-84)92(104-72-82-61-45-32-46-62-82)90(102-70-80-57-41-30-42-58-80)86(108-96)76-100-88(98)68-78(53-37-27-23-19-15-11-7-3)54-38-28-24-20-16-12-8-4/h29-34,39-50,55-66,77-78,85-86,89-96H,5-28,35-38,51-54,67-76H2,1-4H3/t85-,86-,89-,90-,91+,92+,93-,94-,95-,96-/m1/s1. The van der Waals surface area contributed by atoms with Crippen LogP contribution in [0.25, 0.3) is 0 Å². The van der Waals surface area contributed by atoms with E-state index in [1.165, 1.54) is 128 Å². The number of hydrogen-bond acceptors (Lipinski definition) is 13.